The summed E-state index contributed by atoms with van der Waals surface area (Å²) in [7, 11) is 1.63. The second kappa shape index (κ2) is 5.21. The lowest BCUT2D eigenvalue weighted by molar-refractivity contribution is 0.414. The second-order valence-corrected chi connectivity index (χ2v) is 4.62. The minimum Gasteiger partial charge on any atom is -0.497 e. The number of hydrogen-bond acceptors (Lipinski definition) is 3. The summed E-state index contributed by atoms with van der Waals surface area (Å²) in [5.74, 6) is 1.45. The molecule has 0 aliphatic heterocycles. The van der Waals surface area contributed by atoms with Gasteiger partial charge >= 0.3 is 5.63 Å². The highest BCUT2D eigenvalue weighted by Gasteiger charge is 2.05. The van der Waals surface area contributed by atoms with E-state index in [1.165, 1.54) is 0 Å². The molecule has 1 aromatic heterocycles. The highest BCUT2D eigenvalue weighted by Crippen LogP contribution is 2.18. The Balaban J connectivity index is 2.00. The summed E-state index contributed by atoms with van der Waals surface area (Å²) in [6.07, 6.45) is 0.567. The summed E-state index contributed by atoms with van der Waals surface area (Å²) < 4.78 is 10.6. The van der Waals surface area contributed by atoms with E-state index in [0.29, 0.717) is 17.6 Å². The van der Waals surface area contributed by atoms with Gasteiger partial charge in [0.15, 0.2) is 0 Å². The Morgan fingerprint density at radius 3 is 2.75 bits per heavy atom. The first-order valence-corrected chi connectivity index (χ1v) is 6.41. The fourth-order valence-electron chi connectivity index (χ4n) is 2.26. The summed E-state index contributed by atoms with van der Waals surface area (Å²) in [6, 6.07) is 17.1. The van der Waals surface area contributed by atoms with Crippen molar-refractivity contribution >= 4 is 10.8 Å². The van der Waals surface area contributed by atoms with Gasteiger partial charge in [0.1, 0.15) is 11.5 Å². The SMILES string of the molecule is COc1cccc(Cc2cc3ccccc3c(=O)o2)c1. The van der Waals surface area contributed by atoms with Crippen LogP contribution >= 0.6 is 0 Å². The number of methoxy groups -OCH3 is 1. The molecule has 20 heavy (non-hydrogen) atoms. The number of benzene rings is 2. The van der Waals surface area contributed by atoms with Gasteiger partial charge in [-0.3, -0.25) is 0 Å². The van der Waals surface area contributed by atoms with Crippen LogP contribution in [0.2, 0.25) is 0 Å². The second-order valence-electron chi connectivity index (χ2n) is 4.62. The molecule has 0 unspecified atom stereocenters. The zero-order chi connectivity index (χ0) is 13.9. The van der Waals surface area contributed by atoms with Crippen LogP contribution in [0.3, 0.4) is 0 Å². The van der Waals surface area contributed by atoms with Gasteiger partial charge in [-0.05, 0) is 35.2 Å². The first kappa shape index (κ1) is 12.5. The van der Waals surface area contributed by atoms with Gasteiger partial charge in [-0.2, -0.15) is 0 Å². The fourth-order valence-corrected chi connectivity index (χ4v) is 2.26. The summed E-state index contributed by atoms with van der Waals surface area (Å²) in [5.41, 5.74) is 0.753. The van der Waals surface area contributed by atoms with Crippen LogP contribution in [0.15, 0.2) is 63.8 Å². The monoisotopic (exact) mass is 266 g/mol. The Kier molecular flexibility index (Phi) is 3.25. The molecule has 0 atom stereocenters. The summed E-state index contributed by atoms with van der Waals surface area (Å²) in [6.45, 7) is 0. The van der Waals surface area contributed by atoms with Crippen molar-refractivity contribution in [1.29, 1.82) is 0 Å². The minimum atomic E-state index is -0.291. The average Bonchev–Trinajstić information content (AvgIpc) is 2.47. The smallest absolute Gasteiger partial charge is 0.343 e. The van der Waals surface area contributed by atoms with Crippen LogP contribution in [0.1, 0.15) is 11.3 Å². The Hall–Kier alpha value is -2.55. The molecule has 2 aromatic carbocycles. The van der Waals surface area contributed by atoms with Crippen molar-refractivity contribution in [1.82, 2.24) is 0 Å². The largest absolute Gasteiger partial charge is 0.497 e. The molecule has 0 aliphatic carbocycles. The molecule has 3 rings (SSSR count). The van der Waals surface area contributed by atoms with Gasteiger partial charge in [0.2, 0.25) is 0 Å². The molecule has 100 valence electrons. The van der Waals surface area contributed by atoms with Gasteiger partial charge in [-0.15, -0.1) is 0 Å². The molecule has 0 saturated heterocycles. The van der Waals surface area contributed by atoms with Crippen molar-refractivity contribution in [3.8, 4) is 5.75 Å². The molecule has 3 nitrogen and oxygen atoms in total. The van der Waals surface area contributed by atoms with Gasteiger partial charge in [0, 0.05) is 6.42 Å². The number of fused-ring (bicyclic) bond motifs is 1. The van der Waals surface area contributed by atoms with Gasteiger partial charge in [0.25, 0.3) is 0 Å². The van der Waals surface area contributed by atoms with Crippen LogP contribution < -0.4 is 10.4 Å². The standard InChI is InChI=1S/C17H14O3/c1-19-14-7-4-5-12(9-14)10-15-11-13-6-2-3-8-16(13)17(18)20-15/h2-9,11H,10H2,1H3. The van der Waals surface area contributed by atoms with Crippen LogP contribution in [0.4, 0.5) is 0 Å². The maximum atomic E-state index is 11.9. The lowest BCUT2D eigenvalue weighted by atomic mass is 10.1. The van der Waals surface area contributed by atoms with Gasteiger partial charge in [0.05, 0.1) is 12.5 Å². The third-order valence-corrected chi connectivity index (χ3v) is 3.23. The molecule has 0 spiro atoms. The summed E-state index contributed by atoms with van der Waals surface area (Å²) >= 11 is 0. The molecule has 0 aliphatic rings. The number of ether oxygens (including phenoxy) is 1. The quantitative estimate of drug-likeness (QED) is 0.729. The predicted molar refractivity (Wildman–Crippen MR) is 78.3 cm³/mol. The van der Waals surface area contributed by atoms with E-state index in [1.807, 2.05) is 48.5 Å². The van der Waals surface area contributed by atoms with E-state index in [4.69, 9.17) is 9.15 Å². The van der Waals surface area contributed by atoms with E-state index in [1.54, 1.807) is 13.2 Å². The van der Waals surface area contributed by atoms with E-state index in [-0.39, 0.29) is 5.63 Å². The van der Waals surface area contributed by atoms with Crippen LogP contribution in [-0.4, -0.2) is 7.11 Å². The minimum absolute atomic E-state index is 0.291. The molecule has 0 bridgehead atoms. The van der Waals surface area contributed by atoms with Crippen LogP contribution in [0.25, 0.3) is 10.8 Å². The predicted octanol–water partition coefficient (Wildman–Crippen LogP) is 3.39. The maximum absolute atomic E-state index is 11.9. The Morgan fingerprint density at radius 2 is 1.90 bits per heavy atom. The normalized spacial score (nSPS) is 10.7. The zero-order valence-corrected chi connectivity index (χ0v) is 11.1. The van der Waals surface area contributed by atoms with Crippen LogP contribution in [0, 0.1) is 0 Å². The topological polar surface area (TPSA) is 39.4 Å². The molecule has 3 heteroatoms. The molecular weight excluding hydrogens is 252 g/mol. The van der Waals surface area contributed by atoms with Crippen molar-refractivity contribution in [2.45, 2.75) is 6.42 Å². The van der Waals surface area contributed by atoms with Crippen molar-refractivity contribution < 1.29 is 9.15 Å². The Morgan fingerprint density at radius 1 is 1.05 bits per heavy atom. The van der Waals surface area contributed by atoms with E-state index < -0.39 is 0 Å². The van der Waals surface area contributed by atoms with Crippen LogP contribution in [0.5, 0.6) is 5.75 Å². The molecule has 0 fully saturated rings. The van der Waals surface area contributed by atoms with Gasteiger partial charge in [-0.1, -0.05) is 30.3 Å². The Labute approximate surface area is 116 Å². The van der Waals surface area contributed by atoms with E-state index >= 15 is 0 Å². The van der Waals surface area contributed by atoms with E-state index in [2.05, 4.69) is 0 Å². The van der Waals surface area contributed by atoms with Crippen molar-refractivity contribution in [3.63, 3.8) is 0 Å². The molecule has 3 aromatic rings. The van der Waals surface area contributed by atoms with Crippen molar-refractivity contribution in [2.75, 3.05) is 7.11 Å². The van der Waals surface area contributed by atoms with Gasteiger partial charge < -0.3 is 9.15 Å². The lowest BCUT2D eigenvalue weighted by Crippen LogP contribution is -2.02. The fraction of sp³-hybridized carbons (Fsp3) is 0.118. The highest BCUT2D eigenvalue weighted by molar-refractivity contribution is 5.81. The first-order chi connectivity index (χ1) is 9.76. The third kappa shape index (κ3) is 2.43. The van der Waals surface area contributed by atoms with Gasteiger partial charge in [-0.25, -0.2) is 4.79 Å². The molecule has 0 N–H and O–H groups in total. The summed E-state index contributed by atoms with van der Waals surface area (Å²) in [4.78, 5) is 11.9. The Bertz CT molecular complexity index is 802. The van der Waals surface area contributed by atoms with Crippen LogP contribution in [-0.2, 0) is 6.42 Å². The number of hydrogen-bond donors (Lipinski definition) is 0. The molecule has 0 radical (unpaired) electrons. The van der Waals surface area contributed by atoms with Crippen molar-refractivity contribution in [2.24, 2.45) is 0 Å². The highest BCUT2D eigenvalue weighted by atomic mass is 16.5. The van der Waals surface area contributed by atoms with E-state index in [9.17, 15) is 4.79 Å². The zero-order valence-electron chi connectivity index (χ0n) is 11.1. The molecule has 0 saturated carbocycles. The summed E-state index contributed by atoms with van der Waals surface area (Å²) in [5, 5.41) is 1.52. The number of rotatable bonds is 3. The van der Waals surface area contributed by atoms with E-state index in [0.717, 1.165) is 16.7 Å². The average molecular weight is 266 g/mol. The van der Waals surface area contributed by atoms with Crippen molar-refractivity contribution in [3.05, 3.63) is 76.3 Å². The molecule has 1 heterocycles. The first-order valence-electron chi connectivity index (χ1n) is 6.41. The third-order valence-electron chi connectivity index (χ3n) is 3.23. The molecule has 0 amide bonds. The maximum Gasteiger partial charge on any atom is 0.343 e. The lowest BCUT2D eigenvalue weighted by Gasteiger charge is -2.05. The molecular formula is C17H14O3.